The van der Waals surface area contributed by atoms with E-state index in [1.807, 2.05) is 0 Å². The van der Waals surface area contributed by atoms with Crippen LogP contribution in [0.25, 0.3) is 6.08 Å². The average Bonchev–Trinajstić information content (AvgIpc) is 3.06. The van der Waals surface area contributed by atoms with E-state index in [1.54, 1.807) is 36.4 Å². The van der Waals surface area contributed by atoms with Crippen molar-refractivity contribution in [2.45, 2.75) is 0 Å². The number of furan rings is 1. The van der Waals surface area contributed by atoms with E-state index in [-0.39, 0.29) is 11.0 Å². The van der Waals surface area contributed by atoms with Crippen molar-refractivity contribution in [3.05, 3.63) is 48.4 Å². The number of hydrogen-bond acceptors (Lipinski definition) is 5. The first-order chi connectivity index (χ1) is 11.2. The second kappa shape index (κ2) is 6.97. The maximum atomic E-state index is 11.8. The molecule has 0 unspecified atom stereocenters. The summed E-state index contributed by atoms with van der Waals surface area (Å²) in [5.74, 6) is 1.58. The molecule has 0 spiro atoms. The third kappa shape index (κ3) is 4.10. The Morgan fingerprint density at radius 2 is 2.00 bits per heavy atom. The van der Waals surface area contributed by atoms with Crippen LogP contribution < -0.4 is 20.1 Å². The van der Waals surface area contributed by atoms with Crippen LogP contribution in [-0.4, -0.2) is 24.2 Å². The lowest BCUT2D eigenvalue weighted by Gasteiger charge is -2.19. The van der Waals surface area contributed by atoms with E-state index in [4.69, 9.17) is 26.1 Å². The SMILES string of the molecule is O=C(/C=C/c1ccco1)NC(=S)Nc1ccc2c(c1)OCCO2. The summed E-state index contributed by atoms with van der Waals surface area (Å²) in [5, 5.41) is 5.67. The number of carbonyl (C=O) groups excluding carboxylic acids is 1. The Kier molecular flexibility index (Phi) is 4.58. The molecule has 0 atom stereocenters. The van der Waals surface area contributed by atoms with E-state index in [0.29, 0.717) is 36.2 Å². The fourth-order valence-electron chi connectivity index (χ4n) is 1.98. The lowest BCUT2D eigenvalue weighted by molar-refractivity contribution is -0.115. The topological polar surface area (TPSA) is 72.7 Å². The van der Waals surface area contributed by atoms with Gasteiger partial charge >= 0.3 is 0 Å². The number of carbonyl (C=O) groups is 1. The molecule has 1 aromatic heterocycles. The van der Waals surface area contributed by atoms with Gasteiger partial charge in [0.05, 0.1) is 6.26 Å². The highest BCUT2D eigenvalue weighted by Gasteiger charge is 2.12. The quantitative estimate of drug-likeness (QED) is 0.666. The van der Waals surface area contributed by atoms with Crippen molar-refractivity contribution >= 4 is 35.0 Å². The van der Waals surface area contributed by atoms with Gasteiger partial charge < -0.3 is 19.2 Å². The minimum atomic E-state index is -0.351. The van der Waals surface area contributed by atoms with E-state index in [2.05, 4.69) is 10.6 Å². The first-order valence-electron chi connectivity index (χ1n) is 6.94. The molecule has 2 aromatic rings. The number of benzene rings is 1. The van der Waals surface area contributed by atoms with Crippen molar-refractivity contribution < 1.29 is 18.7 Å². The van der Waals surface area contributed by atoms with Crippen LogP contribution in [0.3, 0.4) is 0 Å². The van der Waals surface area contributed by atoms with Crippen LogP contribution in [0.4, 0.5) is 5.69 Å². The highest BCUT2D eigenvalue weighted by atomic mass is 32.1. The van der Waals surface area contributed by atoms with Gasteiger partial charge in [-0.2, -0.15) is 0 Å². The molecule has 0 saturated heterocycles. The van der Waals surface area contributed by atoms with Crippen molar-refractivity contribution in [1.82, 2.24) is 5.32 Å². The molecular formula is C16H14N2O4S. The van der Waals surface area contributed by atoms with Gasteiger partial charge in [-0.25, -0.2) is 0 Å². The molecule has 1 amide bonds. The van der Waals surface area contributed by atoms with Gasteiger partial charge in [0.2, 0.25) is 5.91 Å². The molecule has 3 rings (SSSR count). The second-order valence-corrected chi connectivity index (χ2v) is 5.06. The summed E-state index contributed by atoms with van der Waals surface area (Å²) in [6.45, 7) is 1.05. The number of fused-ring (bicyclic) bond motifs is 1. The first kappa shape index (κ1) is 15.1. The van der Waals surface area contributed by atoms with Gasteiger partial charge in [-0.15, -0.1) is 0 Å². The zero-order valence-corrected chi connectivity index (χ0v) is 12.9. The maximum Gasteiger partial charge on any atom is 0.250 e. The van der Waals surface area contributed by atoms with Gasteiger partial charge in [-0.05, 0) is 42.6 Å². The van der Waals surface area contributed by atoms with Crippen LogP contribution >= 0.6 is 12.2 Å². The summed E-state index contributed by atoms with van der Waals surface area (Å²) in [4.78, 5) is 11.8. The number of hydrogen-bond donors (Lipinski definition) is 2. The Morgan fingerprint density at radius 1 is 1.17 bits per heavy atom. The van der Waals surface area contributed by atoms with Crippen molar-refractivity contribution in [1.29, 1.82) is 0 Å². The van der Waals surface area contributed by atoms with Crippen molar-refractivity contribution in [2.75, 3.05) is 18.5 Å². The van der Waals surface area contributed by atoms with Gasteiger partial charge in [0.1, 0.15) is 19.0 Å². The zero-order valence-electron chi connectivity index (χ0n) is 12.1. The number of amides is 1. The normalized spacial score (nSPS) is 12.9. The fraction of sp³-hybridized carbons (Fsp3) is 0.125. The summed E-state index contributed by atoms with van der Waals surface area (Å²) in [7, 11) is 0. The summed E-state index contributed by atoms with van der Waals surface area (Å²) in [6.07, 6.45) is 4.43. The molecule has 0 fully saturated rings. The van der Waals surface area contributed by atoms with Crippen LogP contribution in [0, 0.1) is 0 Å². The van der Waals surface area contributed by atoms with Gasteiger partial charge in [0, 0.05) is 17.8 Å². The molecule has 7 heteroatoms. The molecule has 1 aromatic carbocycles. The van der Waals surface area contributed by atoms with E-state index in [9.17, 15) is 4.79 Å². The van der Waals surface area contributed by atoms with E-state index < -0.39 is 0 Å². The molecule has 0 bridgehead atoms. The van der Waals surface area contributed by atoms with Gasteiger partial charge in [-0.1, -0.05) is 0 Å². The predicted octanol–water partition coefficient (Wildman–Crippen LogP) is 2.58. The van der Waals surface area contributed by atoms with Crippen molar-refractivity contribution in [2.24, 2.45) is 0 Å². The fourth-order valence-corrected chi connectivity index (χ4v) is 2.20. The zero-order chi connectivity index (χ0) is 16.1. The monoisotopic (exact) mass is 330 g/mol. The van der Waals surface area contributed by atoms with Crippen LogP contribution in [0.1, 0.15) is 5.76 Å². The molecule has 0 saturated carbocycles. The Labute approximate surface area is 138 Å². The van der Waals surface area contributed by atoms with Crippen LogP contribution in [0.2, 0.25) is 0 Å². The molecule has 1 aliphatic rings. The van der Waals surface area contributed by atoms with Gasteiger partial charge in [-0.3, -0.25) is 10.1 Å². The average molecular weight is 330 g/mol. The summed E-state index contributed by atoms with van der Waals surface area (Å²) >= 11 is 5.11. The molecule has 6 nitrogen and oxygen atoms in total. The van der Waals surface area contributed by atoms with Crippen LogP contribution in [0.15, 0.2) is 47.1 Å². The predicted molar refractivity (Wildman–Crippen MR) is 89.5 cm³/mol. The highest BCUT2D eigenvalue weighted by molar-refractivity contribution is 7.80. The Bertz CT molecular complexity index is 741. The van der Waals surface area contributed by atoms with E-state index >= 15 is 0 Å². The molecule has 23 heavy (non-hydrogen) atoms. The number of nitrogens with one attached hydrogen (secondary N) is 2. The summed E-state index contributed by atoms with van der Waals surface area (Å²) in [5.41, 5.74) is 0.703. The Hall–Kier alpha value is -2.80. The number of anilines is 1. The highest BCUT2D eigenvalue weighted by Crippen LogP contribution is 2.32. The molecule has 1 aliphatic heterocycles. The first-order valence-corrected chi connectivity index (χ1v) is 7.35. The summed E-state index contributed by atoms with van der Waals surface area (Å²) in [6, 6.07) is 8.84. The maximum absolute atomic E-state index is 11.8. The van der Waals surface area contributed by atoms with Crippen molar-refractivity contribution in [3.8, 4) is 11.5 Å². The summed E-state index contributed by atoms with van der Waals surface area (Å²) < 4.78 is 16.0. The number of rotatable bonds is 3. The molecule has 0 aliphatic carbocycles. The second-order valence-electron chi connectivity index (χ2n) is 4.65. The van der Waals surface area contributed by atoms with Crippen molar-refractivity contribution in [3.63, 3.8) is 0 Å². The van der Waals surface area contributed by atoms with E-state index in [0.717, 1.165) is 0 Å². The smallest absolute Gasteiger partial charge is 0.250 e. The third-order valence-corrected chi connectivity index (χ3v) is 3.18. The molecule has 118 valence electrons. The van der Waals surface area contributed by atoms with E-state index in [1.165, 1.54) is 12.3 Å². The van der Waals surface area contributed by atoms with Gasteiger partial charge in [0.25, 0.3) is 0 Å². The lowest BCUT2D eigenvalue weighted by atomic mass is 10.2. The van der Waals surface area contributed by atoms with Crippen LogP contribution in [-0.2, 0) is 4.79 Å². The van der Waals surface area contributed by atoms with Crippen LogP contribution in [0.5, 0.6) is 11.5 Å². The minimum absolute atomic E-state index is 0.191. The largest absolute Gasteiger partial charge is 0.486 e. The molecule has 2 N–H and O–H groups in total. The molecule has 2 heterocycles. The lowest BCUT2D eigenvalue weighted by Crippen LogP contribution is -2.32. The Balaban J connectivity index is 1.55. The standard InChI is InChI=1S/C16H14N2O4S/c19-15(6-4-12-2-1-7-20-12)18-16(23)17-11-3-5-13-14(10-11)22-9-8-21-13/h1-7,10H,8-9H2,(H2,17,18,19,23)/b6-4+. The minimum Gasteiger partial charge on any atom is -0.486 e. The molecule has 0 radical (unpaired) electrons. The Morgan fingerprint density at radius 3 is 2.78 bits per heavy atom. The number of ether oxygens (including phenoxy) is 2. The third-order valence-electron chi connectivity index (χ3n) is 2.98. The number of thiocarbonyl (C=S) groups is 1. The molecular weight excluding hydrogens is 316 g/mol. The van der Waals surface area contributed by atoms with Gasteiger partial charge in [0.15, 0.2) is 16.6 Å².